The lowest BCUT2D eigenvalue weighted by molar-refractivity contribution is 0.0612. The molecule has 3 aromatic rings. The van der Waals surface area contributed by atoms with E-state index in [0.29, 0.717) is 35.2 Å². The van der Waals surface area contributed by atoms with E-state index >= 15 is 0 Å². The second kappa shape index (κ2) is 8.98. The number of hydrogen-bond donors (Lipinski definition) is 0. The number of carbonyl (C=O) groups is 2. The lowest BCUT2D eigenvalue weighted by Crippen LogP contribution is -2.41. The van der Waals surface area contributed by atoms with E-state index in [9.17, 15) is 18.0 Å². The number of nitrogens with zero attached hydrogens (tertiary/aromatic N) is 2. The standard InChI is InChI=1S/C26H26N2O6S/c1-33-21-15-17(16-22(24(21)34-2)35(31,32)27-12-3-4-13-27)11-14-28-25(29)19-9-5-7-18-8-6-10-20(23(18)19)26(28)30/h5-10,15-16H,3-4,11-14H2,1-2H3. The third kappa shape index (κ3) is 3.84. The predicted molar refractivity (Wildman–Crippen MR) is 131 cm³/mol. The average Bonchev–Trinajstić information content (AvgIpc) is 3.42. The Balaban J connectivity index is 1.48. The fraction of sp³-hybridized carbons (Fsp3) is 0.308. The Morgan fingerprint density at radius 2 is 1.51 bits per heavy atom. The fourth-order valence-corrected chi connectivity index (χ4v) is 6.65. The van der Waals surface area contributed by atoms with Crippen LogP contribution in [0.3, 0.4) is 0 Å². The van der Waals surface area contributed by atoms with Crippen molar-refractivity contribution in [2.75, 3.05) is 33.9 Å². The number of ether oxygens (including phenoxy) is 2. The van der Waals surface area contributed by atoms with Crippen molar-refractivity contribution in [1.82, 2.24) is 9.21 Å². The number of amides is 2. The van der Waals surface area contributed by atoms with E-state index in [0.717, 1.165) is 18.2 Å². The van der Waals surface area contributed by atoms with E-state index < -0.39 is 10.0 Å². The molecule has 0 aliphatic carbocycles. The molecule has 2 aliphatic rings. The molecule has 0 radical (unpaired) electrons. The van der Waals surface area contributed by atoms with Gasteiger partial charge < -0.3 is 9.47 Å². The molecule has 0 atom stereocenters. The van der Waals surface area contributed by atoms with E-state index in [1.54, 1.807) is 36.4 Å². The molecule has 5 rings (SSSR count). The van der Waals surface area contributed by atoms with Crippen molar-refractivity contribution in [2.45, 2.75) is 24.2 Å². The largest absolute Gasteiger partial charge is 0.493 e. The third-order valence-electron chi connectivity index (χ3n) is 6.67. The minimum atomic E-state index is -3.79. The van der Waals surface area contributed by atoms with Crippen LogP contribution in [0.4, 0.5) is 0 Å². The van der Waals surface area contributed by atoms with Crippen LogP contribution >= 0.6 is 0 Å². The molecule has 182 valence electrons. The number of imide groups is 1. The van der Waals surface area contributed by atoms with Gasteiger partial charge in [0.05, 0.1) is 14.2 Å². The lowest BCUT2D eigenvalue weighted by Gasteiger charge is -2.27. The summed E-state index contributed by atoms with van der Waals surface area (Å²) in [4.78, 5) is 27.7. The summed E-state index contributed by atoms with van der Waals surface area (Å²) in [5.74, 6) is -0.280. The van der Waals surface area contributed by atoms with Crippen LogP contribution in [0.5, 0.6) is 11.5 Å². The van der Waals surface area contributed by atoms with Gasteiger partial charge in [0, 0.05) is 36.1 Å². The Morgan fingerprint density at radius 3 is 2.09 bits per heavy atom. The Labute approximate surface area is 204 Å². The van der Waals surface area contributed by atoms with Crippen LogP contribution < -0.4 is 9.47 Å². The minimum Gasteiger partial charge on any atom is -0.493 e. The molecule has 2 amide bonds. The van der Waals surface area contributed by atoms with Gasteiger partial charge in [-0.1, -0.05) is 24.3 Å². The van der Waals surface area contributed by atoms with Gasteiger partial charge >= 0.3 is 0 Å². The summed E-state index contributed by atoms with van der Waals surface area (Å²) < 4.78 is 39.0. The molecule has 9 heteroatoms. The molecule has 0 bridgehead atoms. The number of rotatable bonds is 7. The molecule has 3 aromatic carbocycles. The van der Waals surface area contributed by atoms with Crippen molar-refractivity contribution in [1.29, 1.82) is 0 Å². The topological polar surface area (TPSA) is 93.2 Å². The Morgan fingerprint density at radius 1 is 0.886 bits per heavy atom. The molecule has 1 fully saturated rings. The van der Waals surface area contributed by atoms with Gasteiger partial charge in [0.15, 0.2) is 11.5 Å². The second-order valence-electron chi connectivity index (χ2n) is 8.66. The van der Waals surface area contributed by atoms with Gasteiger partial charge in [-0.05, 0) is 54.5 Å². The maximum Gasteiger partial charge on any atom is 0.261 e. The first-order valence-electron chi connectivity index (χ1n) is 11.5. The quantitative estimate of drug-likeness (QED) is 0.467. The molecule has 0 saturated carbocycles. The van der Waals surface area contributed by atoms with Gasteiger partial charge in [-0.2, -0.15) is 4.31 Å². The van der Waals surface area contributed by atoms with Crippen molar-refractivity contribution in [3.05, 3.63) is 65.2 Å². The molecule has 2 aliphatic heterocycles. The summed E-state index contributed by atoms with van der Waals surface area (Å²) >= 11 is 0. The first kappa shape index (κ1) is 23.3. The Kier molecular flexibility index (Phi) is 5.98. The monoisotopic (exact) mass is 494 g/mol. The number of methoxy groups -OCH3 is 2. The lowest BCUT2D eigenvalue weighted by atomic mass is 9.94. The number of sulfonamides is 1. The maximum absolute atomic E-state index is 13.4. The SMILES string of the molecule is COc1cc(CCN2C(=O)c3cccc4cccc(c34)C2=O)cc(S(=O)(=O)N2CCCC2)c1OC. The molecule has 0 N–H and O–H groups in total. The van der Waals surface area contributed by atoms with Gasteiger partial charge in [0.25, 0.3) is 11.8 Å². The van der Waals surface area contributed by atoms with Gasteiger partial charge in [-0.15, -0.1) is 0 Å². The zero-order valence-electron chi connectivity index (χ0n) is 19.6. The molecule has 8 nitrogen and oxygen atoms in total. The molecule has 0 aromatic heterocycles. The van der Waals surface area contributed by atoms with Crippen LogP contribution in [0.1, 0.15) is 39.1 Å². The molecular formula is C26H26N2O6S. The molecular weight excluding hydrogens is 468 g/mol. The van der Waals surface area contributed by atoms with E-state index in [2.05, 4.69) is 0 Å². The number of carbonyl (C=O) groups excluding carboxylic acids is 2. The smallest absolute Gasteiger partial charge is 0.261 e. The molecule has 35 heavy (non-hydrogen) atoms. The van der Waals surface area contributed by atoms with Crippen molar-refractivity contribution in [2.24, 2.45) is 0 Å². The zero-order valence-corrected chi connectivity index (χ0v) is 20.4. The number of hydrogen-bond acceptors (Lipinski definition) is 6. The minimum absolute atomic E-state index is 0.0302. The number of benzene rings is 3. The van der Waals surface area contributed by atoms with Crippen molar-refractivity contribution < 1.29 is 27.5 Å². The van der Waals surface area contributed by atoms with E-state index in [1.165, 1.54) is 23.4 Å². The van der Waals surface area contributed by atoms with E-state index in [4.69, 9.17) is 9.47 Å². The highest BCUT2D eigenvalue weighted by molar-refractivity contribution is 7.89. The molecule has 1 saturated heterocycles. The summed E-state index contributed by atoms with van der Waals surface area (Å²) in [7, 11) is -0.933. The first-order valence-corrected chi connectivity index (χ1v) is 12.9. The second-order valence-corrected chi connectivity index (χ2v) is 10.6. The van der Waals surface area contributed by atoms with Crippen molar-refractivity contribution >= 4 is 32.6 Å². The summed E-state index contributed by atoms with van der Waals surface area (Å²) in [5.41, 5.74) is 1.60. The maximum atomic E-state index is 13.4. The van der Waals surface area contributed by atoms with E-state index in [1.807, 2.05) is 12.1 Å². The summed E-state index contributed by atoms with van der Waals surface area (Å²) in [6, 6.07) is 14.1. The molecule has 2 heterocycles. The van der Waals surface area contributed by atoms with Crippen LogP contribution in [0.25, 0.3) is 10.8 Å². The third-order valence-corrected chi connectivity index (χ3v) is 8.57. The molecule has 0 unspecified atom stereocenters. The van der Waals surface area contributed by atoms with Crippen LogP contribution in [-0.2, 0) is 16.4 Å². The van der Waals surface area contributed by atoms with Gasteiger partial charge in [-0.3, -0.25) is 14.5 Å². The highest BCUT2D eigenvalue weighted by atomic mass is 32.2. The van der Waals surface area contributed by atoms with Crippen LogP contribution in [0.15, 0.2) is 53.4 Å². The van der Waals surface area contributed by atoms with E-state index in [-0.39, 0.29) is 41.2 Å². The van der Waals surface area contributed by atoms with Gasteiger partial charge in [0.2, 0.25) is 10.0 Å². The van der Waals surface area contributed by atoms with Gasteiger partial charge in [-0.25, -0.2) is 8.42 Å². The van der Waals surface area contributed by atoms with Crippen molar-refractivity contribution in [3.8, 4) is 11.5 Å². The van der Waals surface area contributed by atoms with Gasteiger partial charge in [0.1, 0.15) is 4.90 Å². The Bertz CT molecular complexity index is 1390. The van der Waals surface area contributed by atoms with Crippen molar-refractivity contribution in [3.63, 3.8) is 0 Å². The zero-order chi connectivity index (χ0) is 24.7. The van der Waals surface area contributed by atoms with Crippen LogP contribution in [0, 0.1) is 0 Å². The first-order chi connectivity index (χ1) is 16.9. The molecule has 0 spiro atoms. The summed E-state index contributed by atoms with van der Waals surface area (Å²) in [5, 5.41) is 1.52. The average molecular weight is 495 g/mol. The normalized spacial score (nSPS) is 16.2. The highest BCUT2D eigenvalue weighted by Crippen LogP contribution is 2.38. The summed E-state index contributed by atoms with van der Waals surface area (Å²) in [6.45, 7) is 1.01. The predicted octanol–water partition coefficient (Wildman–Crippen LogP) is 3.48. The fourth-order valence-electron chi connectivity index (χ4n) is 4.91. The summed E-state index contributed by atoms with van der Waals surface area (Å²) in [6.07, 6.45) is 1.88. The Hall–Kier alpha value is -3.43. The highest BCUT2D eigenvalue weighted by Gasteiger charge is 2.34. The van der Waals surface area contributed by atoms with Crippen LogP contribution in [-0.4, -0.2) is 63.3 Å². The van der Waals surface area contributed by atoms with Crippen LogP contribution in [0.2, 0.25) is 0 Å².